The van der Waals surface area contributed by atoms with Crippen molar-refractivity contribution in [1.82, 2.24) is 20.2 Å². The number of nitrogens with one attached hydrogen (secondary N) is 1. The molecule has 0 radical (unpaired) electrons. The van der Waals surface area contributed by atoms with Crippen LogP contribution in [0, 0.1) is 5.92 Å². The molecule has 2 aromatic carbocycles. The highest BCUT2D eigenvalue weighted by Gasteiger charge is 2.34. The summed E-state index contributed by atoms with van der Waals surface area (Å²) in [5, 5.41) is 14.3. The summed E-state index contributed by atoms with van der Waals surface area (Å²) in [5.41, 5.74) is 2.89. The number of tetrazole rings is 1. The van der Waals surface area contributed by atoms with E-state index in [1.165, 1.54) is 4.80 Å². The number of benzene rings is 2. The number of alkyl halides is 1. The summed E-state index contributed by atoms with van der Waals surface area (Å²) < 4.78 is 36.6. The zero-order chi connectivity index (χ0) is 20.6. The second-order valence-corrected chi connectivity index (χ2v) is 11.6. The number of para-hydroxylation sites is 1. The lowest BCUT2D eigenvalue weighted by molar-refractivity contribution is 0.405. The van der Waals surface area contributed by atoms with E-state index in [0.717, 1.165) is 16.9 Å². The number of nitrogens with zero attached hydrogens (tertiary/aromatic N) is 4. The van der Waals surface area contributed by atoms with Crippen LogP contribution in [-0.4, -0.2) is 40.1 Å². The molecule has 152 valence electrons. The monoisotopic (exact) mass is 451 g/mol. The molecule has 7 nitrogen and oxygen atoms in total. The van der Waals surface area contributed by atoms with E-state index in [0.29, 0.717) is 17.9 Å². The Morgan fingerprint density at radius 3 is 2.48 bits per heavy atom. The van der Waals surface area contributed by atoms with Crippen LogP contribution in [0.2, 0.25) is 0 Å². The quantitative estimate of drug-likeness (QED) is 0.580. The van der Waals surface area contributed by atoms with Crippen LogP contribution in [0.4, 0.5) is 15.8 Å². The minimum atomic E-state index is -2.88. The van der Waals surface area contributed by atoms with Crippen LogP contribution in [0.1, 0.15) is 5.56 Å². The molecule has 4 rings (SSSR count). The van der Waals surface area contributed by atoms with Gasteiger partial charge in [0.2, 0.25) is 5.82 Å². The molecule has 2 unspecified atom stereocenters. The number of sulfone groups is 1. The van der Waals surface area contributed by atoms with Gasteiger partial charge in [-0.2, -0.15) is 4.80 Å². The first-order valence-electron chi connectivity index (χ1n) is 8.91. The molecule has 1 aromatic heterocycles. The number of aromatic nitrogens is 4. The van der Waals surface area contributed by atoms with Crippen LogP contribution in [-0.2, 0) is 21.5 Å². The predicted molar refractivity (Wildman–Crippen MR) is 117 cm³/mol. The van der Waals surface area contributed by atoms with E-state index in [4.69, 9.17) is 0 Å². The largest absolute Gasteiger partial charge is 0.355 e. The molecule has 0 amide bonds. The van der Waals surface area contributed by atoms with Gasteiger partial charge in [-0.25, -0.2) is 12.8 Å². The summed E-state index contributed by atoms with van der Waals surface area (Å²) in [6, 6.07) is 14.6. The van der Waals surface area contributed by atoms with E-state index in [2.05, 4.69) is 39.2 Å². The molecule has 2 atom stereocenters. The Morgan fingerprint density at radius 1 is 1.14 bits per heavy atom. The summed E-state index contributed by atoms with van der Waals surface area (Å²) in [5.74, 6) is 0.824. The fourth-order valence-corrected chi connectivity index (χ4v) is 5.12. The Morgan fingerprint density at radius 2 is 1.83 bits per heavy atom. The number of hydrogen-bond acceptors (Lipinski definition) is 6. The van der Waals surface area contributed by atoms with E-state index in [9.17, 15) is 12.8 Å². The summed E-state index contributed by atoms with van der Waals surface area (Å²) in [4.78, 5) is 1.44. The minimum Gasteiger partial charge on any atom is -0.355 e. The van der Waals surface area contributed by atoms with Gasteiger partial charge in [-0.15, -0.1) is 10.2 Å². The van der Waals surface area contributed by atoms with Crippen LogP contribution in [0.25, 0.3) is 11.4 Å². The zero-order valence-electron chi connectivity index (χ0n) is 15.4. The third-order valence-electron chi connectivity index (χ3n) is 4.63. The number of hydrogen-bond donors (Lipinski definition) is 1. The highest BCUT2D eigenvalue weighted by Crippen LogP contribution is 2.40. The van der Waals surface area contributed by atoms with Crippen molar-refractivity contribution in [2.45, 2.75) is 11.7 Å². The fourth-order valence-electron chi connectivity index (χ4n) is 3.19. The van der Waals surface area contributed by atoms with Gasteiger partial charge in [-0.3, -0.25) is 0 Å². The van der Waals surface area contributed by atoms with Gasteiger partial charge in [0.15, 0.2) is 15.0 Å². The lowest BCUT2D eigenvalue weighted by Crippen LogP contribution is -2.39. The van der Waals surface area contributed by atoms with Gasteiger partial charge in [0, 0.05) is 22.9 Å². The maximum atomic E-state index is 14.0. The van der Waals surface area contributed by atoms with Gasteiger partial charge in [0.1, 0.15) is 0 Å². The van der Waals surface area contributed by atoms with Gasteiger partial charge < -0.3 is 5.32 Å². The molecule has 11 heteroatoms. The van der Waals surface area contributed by atoms with Crippen molar-refractivity contribution in [3.8, 4) is 11.4 Å². The summed E-state index contributed by atoms with van der Waals surface area (Å²) in [6.45, 7) is 0.429. The lowest BCUT2D eigenvalue weighted by Gasteiger charge is -2.24. The smallest absolute Gasteiger partial charge is 0.207 e. The standard InChI is InChI=1S/C18H20FN5O2P2S/c19-18(27,28)13-5-7-14(8-6-13)20-16-4-2-1-3-15(16)17-21-23-24(22-17)9-12-10-29(25,26)11-12/h1-8,12,20H,9-11,27-28H2. The van der Waals surface area contributed by atoms with Crippen molar-refractivity contribution in [3.63, 3.8) is 0 Å². The first-order chi connectivity index (χ1) is 13.7. The molecular weight excluding hydrogens is 431 g/mol. The first-order valence-corrected chi connectivity index (χ1v) is 11.9. The number of rotatable bonds is 6. The molecule has 1 aliphatic heterocycles. The maximum absolute atomic E-state index is 14.0. The highest BCUT2D eigenvalue weighted by molar-refractivity contribution is 7.92. The number of halogens is 1. The normalized spacial score (nSPS) is 16.4. The molecule has 2 heterocycles. The minimum absolute atomic E-state index is 0.0324. The molecular formula is C18H20FN5O2P2S. The van der Waals surface area contributed by atoms with Crippen LogP contribution in [0.5, 0.6) is 0 Å². The van der Waals surface area contributed by atoms with Crippen molar-refractivity contribution >= 4 is 39.7 Å². The molecule has 1 fully saturated rings. The van der Waals surface area contributed by atoms with E-state index in [1.807, 2.05) is 24.3 Å². The van der Waals surface area contributed by atoms with Gasteiger partial charge in [0.05, 0.1) is 18.1 Å². The molecule has 0 bridgehead atoms. The Hall–Kier alpha value is -1.95. The Bertz CT molecular complexity index is 1120. The van der Waals surface area contributed by atoms with E-state index < -0.39 is 15.0 Å². The predicted octanol–water partition coefficient (Wildman–Crippen LogP) is 2.96. The average molecular weight is 451 g/mol. The average Bonchev–Trinajstić information content (AvgIpc) is 3.09. The second kappa shape index (κ2) is 7.71. The van der Waals surface area contributed by atoms with E-state index >= 15 is 0 Å². The Kier molecular flexibility index (Phi) is 5.40. The van der Waals surface area contributed by atoms with Crippen molar-refractivity contribution in [1.29, 1.82) is 0 Å². The topological polar surface area (TPSA) is 89.8 Å². The van der Waals surface area contributed by atoms with E-state index in [-0.39, 0.29) is 17.4 Å². The Labute approximate surface area is 172 Å². The molecule has 3 aromatic rings. The maximum Gasteiger partial charge on any atom is 0.207 e. The SMILES string of the molecule is O=S1(=O)CC(Cn2nnc(-c3ccccc3Nc3ccc(C(F)(P)P)cc3)n2)C1. The molecule has 0 spiro atoms. The fraction of sp³-hybridized carbons (Fsp3) is 0.278. The van der Waals surface area contributed by atoms with Crippen LogP contribution < -0.4 is 5.32 Å². The molecule has 1 aliphatic rings. The van der Waals surface area contributed by atoms with Gasteiger partial charge in [0.25, 0.3) is 0 Å². The number of anilines is 2. The van der Waals surface area contributed by atoms with Gasteiger partial charge in [-0.05, 0) is 35.0 Å². The summed E-state index contributed by atoms with van der Waals surface area (Å²) in [6.07, 6.45) is 0. The second-order valence-electron chi connectivity index (χ2n) is 7.13. The van der Waals surface area contributed by atoms with Crippen molar-refractivity contribution in [2.75, 3.05) is 16.8 Å². The zero-order valence-corrected chi connectivity index (χ0v) is 18.5. The first kappa shape index (κ1) is 20.3. The molecule has 1 N–H and O–H groups in total. The summed E-state index contributed by atoms with van der Waals surface area (Å²) >= 11 is 0. The van der Waals surface area contributed by atoms with Crippen LogP contribution in [0.3, 0.4) is 0 Å². The third kappa shape index (κ3) is 4.80. The van der Waals surface area contributed by atoms with Crippen molar-refractivity contribution < 1.29 is 12.8 Å². The third-order valence-corrected chi connectivity index (χ3v) is 7.25. The molecule has 0 saturated carbocycles. The van der Waals surface area contributed by atoms with Crippen molar-refractivity contribution in [3.05, 3.63) is 54.1 Å². The highest BCUT2D eigenvalue weighted by atomic mass is 32.2. The molecule has 29 heavy (non-hydrogen) atoms. The molecule has 0 aliphatic carbocycles. The van der Waals surface area contributed by atoms with Gasteiger partial charge >= 0.3 is 0 Å². The van der Waals surface area contributed by atoms with Gasteiger partial charge in [-0.1, -0.05) is 42.7 Å². The summed E-state index contributed by atoms with van der Waals surface area (Å²) in [7, 11) is 1.42. The van der Waals surface area contributed by atoms with Crippen LogP contribution >= 0.6 is 18.5 Å². The van der Waals surface area contributed by atoms with Crippen LogP contribution in [0.15, 0.2) is 48.5 Å². The Balaban J connectivity index is 1.51. The van der Waals surface area contributed by atoms with E-state index in [1.54, 1.807) is 24.3 Å². The lowest BCUT2D eigenvalue weighted by atomic mass is 10.1. The van der Waals surface area contributed by atoms with Crippen molar-refractivity contribution in [2.24, 2.45) is 5.92 Å². The molecule has 1 saturated heterocycles.